The van der Waals surface area contributed by atoms with Gasteiger partial charge in [-0.1, -0.05) is 134 Å². The number of rotatable bonds is 4. The Labute approximate surface area is 320 Å². The molecule has 2 aliphatic rings. The monoisotopic (exact) mass is 702 g/mol. The number of aromatic nitrogens is 2. The molecule has 0 unspecified atom stereocenters. The molecule has 0 radical (unpaired) electrons. The maximum absolute atomic E-state index is 2.54. The first-order valence-electron chi connectivity index (χ1n) is 19.7. The second kappa shape index (κ2) is 11.7. The number of para-hydroxylation sites is 4. The van der Waals surface area contributed by atoms with Crippen LogP contribution in [-0.4, -0.2) is 9.13 Å². The molecular formula is C53H38N2. The van der Waals surface area contributed by atoms with Gasteiger partial charge in [-0.05, 0) is 118 Å². The highest BCUT2D eigenvalue weighted by Gasteiger charge is 2.45. The van der Waals surface area contributed by atoms with Crippen molar-refractivity contribution in [1.82, 2.24) is 9.13 Å². The maximum Gasteiger partial charge on any atom is 0.0541 e. The van der Waals surface area contributed by atoms with Crippen molar-refractivity contribution in [2.75, 3.05) is 0 Å². The minimum absolute atomic E-state index is 0.0472. The number of hydrogen-bond acceptors (Lipinski definition) is 0. The lowest BCUT2D eigenvalue weighted by Crippen LogP contribution is -2.20. The SMILES string of the molecule is c1cc(-c2ccc3c(c2)C2(CCCC2)c2cc(-c4cccc(-n5c6ccccc6c6ccccc65)c4)ccc2-3)cc(-n2c3ccccc3c3ccccc32)c1. The standard InChI is InChI=1S/C53H38N2/c1-5-21-49-43(17-1)44-18-2-6-22-50(44)54(49)39-15-11-13-35(31-39)37-25-27-41-42-28-26-38(34-48(42)53(47(41)33-37)29-9-10-30-53)36-14-12-16-40(32-36)55-51-23-7-3-19-45(51)46-20-4-8-24-52(46)55/h1-8,11-28,31-34H,9-10,29-30H2. The summed E-state index contributed by atoms with van der Waals surface area (Å²) in [5.74, 6) is 0. The lowest BCUT2D eigenvalue weighted by atomic mass is 9.75. The summed E-state index contributed by atoms with van der Waals surface area (Å²) in [4.78, 5) is 0. The molecule has 2 nitrogen and oxygen atoms in total. The van der Waals surface area contributed by atoms with Crippen LogP contribution in [-0.2, 0) is 5.41 Å². The molecule has 8 aromatic carbocycles. The highest BCUT2D eigenvalue weighted by molar-refractivity contribution is 6.10. The topological polar surface area (TPSA) is 9.86 Å². The van der Waals surface area contributed by atoms with Gasteiger partial charge in [0.15, 0.2) is 0 Å². The summed E-state index contributed by atoms with van der Waals surface area (Å²) in [5.41, 5.74) is 18.3. The molecule has 0 N–H and O–H groups in total. The van der Waals surface area contributed by atoms with E-state index in [1.54, 1.807) is 0 Å². The van der Waals surface area contributed by atoms with Gasteiger partial charge in [-0.25, -0.2) is 0 Å². The fourth-order valence-electron chi connectivity index (χ4n) is 10.4. The van der Waals surface area contributed by atoms with Crippen molar-refractivity contribution in [1.29, 1.82) is 0 Å². The van der Waals surface area contributed by atoms with Gasteiger partial charge in [-0.2, -0.15) is 0 Å². The molecule has 0 bridgehead atoms. The second-order valence-electron chi connectivity index (χ2n) is 15.7. The van der Waals surface area contributed by atoms with Crippen molar-refractivity contribution < 1.29 is 0 Å². The highest BCUT2D eigenvalue weighted by atomic mass is 15.0. The zero-order valence-corrected chi connectivity index (χ0v) is 30.5. The Bertz CT molecular complexity index is 2850. The summed E-state index contributed by atoms with van der Waals surface area (Å²) in [6.45, 7) is 0. The van der Waals surface area contributed by atoms with E-state index in [0.29, 0.717) is 0 Å². The molecule has 2 heteroatoms. The van der Waals surface area contributed by atoms with Crippen LogP contribution in [0.4, 0.5) is 0 Å². The summed E-state index contributed by atoms with van der Waals surface area (Å²) < 4.78 is 4.85. The first kappa shape index (κ1) is 30.8. The van der Waals surface area contributed by atoms with Gasteiger partial charge in [0.05, 0.1) is 22.1 Å². The molecule has 0 aliphatic heterocycles. The number of fused-ring (bicyclic) bond motifs is 11. The normalized spacial score (nSPS) is 14.4. The first-order valence-corrected chi connectivity index (χ1v) is 19.7. The molecule has 0 amide bonds. The summed E-state index contributed by atoms with van der Waals surface area (Å²) >= 11 is 0. The van der Waals surface area contributed by atoms with Crippen LogP contribution in [0.3, 0.4) is 0 Å². The molecule has 55 heavy (non-hydrogen) atoms. The van der Waals surface area contributed by atoms with Gasteiger partial charge in [0.1, 0.15) is 0 Å². The van der Waals surface area contributed by atoms with Crippen molar-refractivity contribution in [2.45, 2.75) is 31.1 Å². The highest BCUT2D eigenvalue weighted by Crippen LogP contribution is 2.58. The lowest BCUT2D eigenvalue weighted by molar-refractivity contribution is 0.550. The van der Waals surface area contributed by atoms with Gasteiger partial charge in [-0.15, -0.1) is 0 Å². The zero-order valence-electron chi connectivity index (χ0n) is 30.5. The Morgan fingerprint density at radius 1 is 0.327 bits per heavy atom. The van der Waals surface area contributed by atoms with E-state index < -0.39 is 0 Å². The summed E-state index contributed by atoms with van der Waals surface area (Å²) in [5, 5.41) is 5.17. The third kappa shape index (κ3) is 4.43. The molecule has 2 aromatic heterocycles. The quantitative estimate of drug-likeness (QED) is 0.173. The smallest absolute Gasteiger partial charge is 0.0541 e. The minimum Gasteiger partial charge on any atom is -0.309 e. The Morgan fingerprint density at radius 2 is 0.691 bits per heavy atom. The van der Waals surface area contributed by atoms with Gasteiger partial charge >= 0.3 is 0 Å². The van der Waals surface area contributed by atoms with E-state index >= 15 is 0 Å². The van der Waals surface area contributed by atoms with Gasteiger partial charge in [0.25, 0.3) is 0 Å². The van der Waals surface area contributed by atoms with E-state index in [2.05, 4.69) is 191 Å². The number of nitrogens with zero attached hydrogens (tertiary/aromatic N) is 2. The third-order valence-corrected chi connectivity index (χ3v) is 12.9. The molecule has 0 saturated heterocycles. The summed E-state index contributed by atoms with van der Waals surface area (Å²) in [6.07, 6.45) is 4.92. The van der Waals surface area contributed by atoms with Crippen molar-refractivity contribution in [3.8, 4) is 44.8 Å². The Balaban J connectivity index is 0.956. The van der Waals surface area contributed by atoms with Crippen LogP contribution in [0.15, 0.2) is 182 Å². The maximum atomic E-state index is 2.54. The van der Waals surface area contributed by atoms with Gasteiger partial charge in [-0.3, -0.25) is 0 Å². The largest absolute Gasteiger partial charge is 0.309 e. The van der Waals surface area contributed by atoms with Crippen molar-refractivity contribution in [2.24, 2.45) is 0 Å². The molecule has 1 saturated carbocycles. The van der Waals surface area contributed by atoms with E-state index in [4.69, 9.17) is 0 Å². The number of benzene rings is 8. The third-order valence-electron chi connectivity index (χ3n) is 12.9. The Kier molecular flexibility index (Phi) is 6.54. The molecule has 2 aliphatic carbocycles. The lowest BCUT2D eigenvalue weighted by Gasteiger charge is -2.27. The average Bonchev–Trinajstić information content (AvgIpc) is 4.02. The van der Waals surface area contributed by atoms with Crippen LogP contribution in [0.2, 0.25) is 0 Å². The van der Waals surface area contributed by atoms with Gasteiger partial charge < -0.3 is 9.13 Å². The van der Waals surface area contributed by atoms with Crippen LogP contribution in [0.25, 0.3) is 88.4 Å². The van der Waals surface area contributed by atoms with Crippen molar-refractivity contribution in [3.63, 3.8) is 0 Å². The average molecular weight is 703 g/mol. The molecule has 2 heterocycles. The van der Waals surface area contributed by atoms with Crippen LogP contribution in [0.1, 0.15) is 36.8 Å². The van der Waals surface area contributed by atoms with Crippen LogP contribution in [0.5, 0.6) is 0 Å². The summed E-state index contributed by atoms with van der Waals surface area (Å²) in [7, 11) is 0. The molecule has 260 valence electrons. The number of hydrogen-bond donors (Lipinski definition) is 0. The van der Waals surface area contributed by atoms with Crippen molar-refractivity contribution >= 4 is 43.6 Å². The predicted molar refractivity (Wildman–Crippen MR) is 231 cm³/mol. The van der Waals surface area contributed by atoms with Gasteiger partial charge in [0.2, 0.25) is 0 Å². The van der Waals surface area contributed by atoms with E-state index in [1.807, 2.05) is 0 Å². The first-order chi connectivity index (χ1) is 27.2. The minimum atomic E-state index is 0.0472. The Morgan fingerprint density at radius 3 is 1.09 bits per heavy atom. The molecule has 1 spiro atoms. The predicted octanol–water partition coefficient (Wildman–Crippen LogP) is 14.1. The zero-order chi connectivity index (χ0) is 36.1. The van der Waals surface area contributed by atoms with Crippen LogP contribution < -0.4 is 0 Å². The van der Waals surface area contributed by atoms with Crippen LogP contribution in [0, 0.1) is 0 Å². The summed E-state index contributed by atoms with van der Waals surface area (Å²) in [6, 6.07) is 68.0. The Hall–Kier alpha value is -6.64. The fourth-order valence-corrected chi connectivity index (χ4v) is 10.4. The molecule has 0 atom stereocenters. The van der Waals surface area contributed by atoms with Crippen molar-refractivity contribution in [3.05, 3.63) is 193 Å². The molecular weight excluding hydrogens is 665 g/mol. The molecule has 1 fully saturated rings. The van der Waals surface area contributed by atoms with Crippen LogP contribution >= 0.6 is 0 Å². The van der Waals surface area contributed by atoms with E-state index in [0.717, 1.165) is 0 Å². The van der Waals surface area contributed by atoms with E-state index in [-0.39, 0.29) is 5.41 Å². The molecule has 10 aromatic rings. The van der Waals surface area contributed by atoms with Gasteiger partial charge in [0, 0.05) is 38.3 Å². The van der Waals surface area contributed by atoms with E-state index in [9.17, 15) is 0 Å². The van der Waals surface area contributed by atoms with E-state index in [1.165, 1.54) is 125 Å². The fraction of sp³-hybridized carbons (Fsp3) is 0.0943. The second-order valence-corrected chi connectivity index (χ2v) is 15.7. The molecule has 12 rings (SSSR count).